The summed E-state index contributed by atoms with van der Waals surface area (Å²) in [6.45, 7) is 5.66. The Morgan fingerprint density at radius 3 is 2.65 bits per heavy atom. The molecule has 1 aromatic heterocycles. The molecule has 0 radical (unpaired) electrons. The highest BCUT2D eigenvalue weighted by molar-refractivity contribution is 5.93. The number of fused-ring (bicyclic) bond motifs is 2. The van der Waals surface area contributed by atoms with Crippen molar-refractivity contribution in [3.05, 3.63) is 54.1 Å². The Labute approximate surface area is 269 Å². The number of aliphatic hydroxyl groups excluding tert-OH is 1. The van der Waals surface area contributed by atoms with Gasteiger partial charge in [-0.3, -0.25) is 4.90 Å². The van der Waals surface area contributed by atoms with Gasteiger partial charge in [-0.2, -0.15) is 4.98 Å². The number of amides is 3. The van der Waals surface area contributed by atoms with Crippen molar-refractivity contribution in [3.8, 4) is 0 Å². The van der Waals surface area contributed by atoms with Gasteiger partial charge < -0.3 is 39.3 Å². The predicted octanol–water partition coefficient (Wildman–Crippen LogP) is 4.48. The first-order valence-electron chi connectivity index (χ1n) is 16.2. The molecular weight excluding hydrogens is 590 g/mol. The number of urea groups is 1. The van der Waals surface area contributed by atoms with Crippen LogP contribution in [0.2, 0.25) is 0 Å². The first-order valence-corrected chi connectivity index (χ1v) is 16.2. The number of aliphatic hydroxyl groups is 1. The molecule has 7 atom stereocenters. The molecule has 12 nitrogen and oxygen atoms in total. The number of nitrogens with zero attached hydrogens (tertiary/aromatic N) is 3. The summed E-state index contributed by atoms with van der Waals surface area (Å²) >= 11 is 0. The van der Waals surface area contributed by atoms with Crippen molar-refractivity contribution in [2.75, 3.05) is 50.6 Å². The van der Waals surface area contributed by atoms with E-state index in [0.29, 0.717) is 54.9 Å². The van der Waals surface area contributed by atoms with Crippen LogP contribution in [0.15, 0.2) is 52.9 Å². The highest BCUT2D eigenvalue weighted by Gasteiger charge is 2.56. The molecule has 1 aliphatic carbocycles. The largest absolute Gasteiger partial charge is 0.445 e. The molecule has 3 fully saturated rings. The van der Waals surface area contributed by atoms with Gasteiger partial charge in [0.2, 0.25) is 0 Å². The molecular formula is C34H45N5O7. The number of carbonyl (C=O) groups excluding carboxylic acids is 2. The van der Waals surface area contributed by atoms with Crippen LogP contribution in [0.4, 0.5) is 21.3 Å². The average molecular weight is 636 g/mol. The maximum atomic E-state index is 14.0. The highest BCUT2D eigenvalue weighted by atomic mass is 16.7. The lowest BCUT2D eigenvalue weighted by molar-refractivity contribution is -0.169. The van der Waals surface area contributed by atoms with Crippen LogP contribution in [0.5, 0.6) is 0 Å². The Bertz CT molecular complexity index is 1500. The van der Waals surface area contributed by atoms with E-state index in [9.17, 15) is 14.7 Å². The molecule has 46 heavy (non-hydrogen) atoms. The summed E-state index contributed by atoms with van der Waals surface area (Å²) in [6.07, 6.45) is -0.124. The summed E-state index contributed by atoms with van der Waals surface area (Å²) in [5.41, 5.74) is 2.82. The van der Waals surface area contributed by atoms with E-state index in [4.69, 9.17) is 18.6 Å². The second-order valence-electron chi connectivity index (χ2n) is 13.1. The number of benzene rings is 2. The number of rotatable bonds is 12. The van der Waals surface area contributed by atoms with Crippen LogP contribution in [0.25, 0.3) is 11.1 Å². The fourth-order valence-electron chi connectivity index (χ4n) is 6.90. The molecule has 5 unspecified atom stereocenters. The quantitative estimate of drug-likeness (QED) is 0.263. The minimum atomic E-state index is -1.07. The van der Waals surface area contributed by atoms with Crippen molar-refractivity contribution in [2.45, 2.75) is 57.6 Å². The number of aromatic nitrogens is 1. The van der Waals surface area contributed by atoms with Gasteiger partial charge in [0.25, 0.3) is 6.01 Å². The third-order valence-electron chi connectivity index (χ3n) is 9.51. The van der Waals surface area contributed by atoms with E-state index in [1.54, 1.807) is 42.1 Å². The van der Waals surface area contributed by atoms with Crippen molar-refractivity contribution in [1.82, 2.24) is 15.2 Å². The van der Waals surface area contributed by atoms with E-state index in [1.807, 2.05) is 30.3 Å². The predicted molar refractivity (Wildman–Crippen MR) is 173 cm³/mol. The van der Waals surface area contributed by atoms with Crippen LogP contribution in [0.3, 0.4) is 0 Å². The molecule has 3 N–H and O–H groups in total. The molecule has 2 aromatic carbocycles. The van der Waals surface area contributed by atoms with Crippen molar-refractivity contribution >= 4 is 34.9 Å². The standard InChI is InChI=1S/C34H45N5O7/c1-20(2)12-13-39(34(42)38(4)23-10-11-29-27(16-23)36-32(35-3)45-29)17-28(40)26(14-21-8-6-5-7-9-21)37-33(41)46-30-22-15-24-25(30)19-44-31(24)43-18-22/h5-11,16,20,22,24-26,28,30-31,40H,12-15,17-19H2,1-4H3,(H,35,36)(H,37,41)/t22?,24?,25?,26-,28+,30?,31?/m0/s1. The van der Waals surface area contributed by atoms with Crippen LogP contribution in [-0.2, 0) is 20.6 Å². The van der Waals surface area contributed by atoms with Crippen LogP contribution < -0.4 is 15.5 Å². The van der Waals surface area contributed by atoms with Gasteiger partial charge in [0.05, 0.1) is 31.9 Å². The van der Waals surface area contributed by atoms with E-state index in [-0.39, 0.29) is 42.7 Å². The zero-order valence-corrected chi connectivity index (χ0v) is 26.9. The number of alkyl carbamates (subject to hydrolysis) is 1. The summed E-state index contributed by atoms with van der Waals surface area (Å²) in [4.78, 5) is 34.9. The molecule has 2 saturated heterocycles. The zero-order valence-electron chi connectivity index (χ0n) is 26.9. The molecule has 248 valence electrons. The Morgan fingerprint density at radius 2 is 1.89 bits per heavy atom. The number of nitrogens with one attached hydrogen (secondary N) is 2. The summed E-state index contributed by atoms with van der Waals surface area (Å²) in [6, 6.07) is 14.5. The van der Waals surface area contributed by atoms with Crippen molar-refractivity contribution in [1.29, 1.82) is 0 Å². The second-order valence-corrected chi connectivity index (χ2v) is 13.1. The van der Waals surface area contributed by atoms with Gasteiger partial charge in [0.1, 0.15) is 11.6 Å². The van der Waals surface area contributed by atoms with Gasteiger partial charge in [-0.1, -0.05) is 44.2 Å². The Balaban J connectivity index is 1.17. The SMILES string of the molecule is CNc1nc2cc(N(C)C(=O)N(CCC(C)C)C[C@@H](O)[C@H](Cc3ccccc3)NC(=O)OC3C4COC5OCC3C5C4)ccc2o1. The Morgan fingerprint density at radius 1 is 1.11 bits per heavy atom. The lowest BCUT2D eigenvalue weighted by Crippen LogP contribution is -2.53. The maximum absolute atomic E-state index is 14.0. The van der Waals surface area contributed by atoms with Gasteiger partial charge >= 0.3 is 12.1 Å². The smallest absolute Gasteiger partial charge is 0.407 e. The molecule has 6 rings (SSSR count). The molecule has 3 amide bonds. The van der Waals surface area contributed by atoms with Gasteiger partial charge in [0.15, 0.2) is 11.9 Å². The Hall–Kier alpha value is -3.87. The average Bonchev–Trinajstić information content (AvgIpc) is 3.74. The molecule has 12 heteroatoms. The minimum absolute atomic E-state index is 0.0178. The second kappa shape index (κ2) is 13.9. The van der Waals surface area contributed by atoms with Crippen molar-refractivity contribution in [3.63, 3.8) is 0 Å². The number of anilines is 2. The molecule has 3 aromatic rings. The van der Waals surface area contributed by atoms with E-state index in [2.05, 4.69) is 29.5 Å². The van der Waals surface area contributed by atoms with E-state index in [0.717, 1.165) is 18.4 Å². The van der Waals surface area contributed by atoms with Gasteiger partial charge in [-0.05, 0) is 48.9 Å². The number of hydrogen-bond donors (Lipinski definition) is 3. The molecule has 1 saturated carbocycles. The first-order chi connectivity index (χ1) is 22.2. The first kappa shape index (κ1) is 32.1. The Kier molecular flexibility index (Phi) is 9.67. The van der Waals surface area contributed by atoms with E-state index >= 15 is 0 Å². The van der Waals surface area contributed by atoms with Crippen LogP contribution in [-0.4, -0.2) is 92.1 Å². The number of oxazole rings is 1. The summed E-state index contributed by atoms with van der Waals surface area (Å²) in [5.74, 6) is 0.836. The van der Waals surface area contributed by atoms with Crippen LogP contribution in [0, 0.1) is 23.7 Å². The molecule has 3 aliphatic rings. The molecule has 3 heterocycles. The monoisotopic (exact) mass is 635 g/mol. The third kappa shape index (κ3) is 6.93. The lowest BCUT2D eigenvalue weighted by Gasteiger charge is -2.33. The van der Waals surface area contributed by atoms with Crippen LogP contribution >= 0.6 is 0 Å². The lowest BCUT2D eigenvalue weighted by atomic mass is 9.98. The number of ether oxygens (including phenoxy) is 3. The van der Waals surface area contributed by atoms with Crippen molar-refractivity contribution < 1.29 is 33.3 Å². The third-order valence-corrected chi connectivity index (χ3v) is 9.51. The molecule has 0 spiro atoms. The fourth-order valence-corrected chi connectivity index (χ4v) is 6.90. The molecule has 2 bridgehead atoms. The van der Waals surface area contributed by atoms with E-state index < -0.39 is 18.2 Å². The van der Waals surface area contributed by atoms with Gasteiger partial charge in [-0.15, -0.1) is 0 Å². The maximum Gasteiger partial charge on any atom is 0.407 e. The van der Waals surface area contributed by atoms with Gasteiger partial charge in [-0.25, -0.2) is 9.59 Å². The van der Waals surface area contributed by atoms with Crippen molar-refractivity contribution in [2.24, 2.45) is 23.7 Å². The van der Waals surface area contributed by atoms with E-state index in [1.165, 1.54) is 0 Å². The van der Waals surface area contributed by atoms with Gasteiger partial charge in [0, 0.05) is 44.1 Å². The normalized spacial score (nSPS) is 24.5. The fraction of sp³-hybridized carbons (Fsp3) is 0.559. The minimum Gasteiger partial charge on any atom is -0.445 e. The number of carbonyl (C=O) groups is 2. The zero-order chi connectivity index (χ0) is 32.4. The summed E-state index contributed by atoms with van der Waals surface area (Å²) < 4.78 is 23.3. The number of hydrogen-bond acceptors (Lipinski definition) is 9. The summed E-state index contributed by atoms with van der Waals surface area (Å²) in [7, 11) is 3.43. The molecule has 2 aliphatic heterocycles. The summed E-state index contributed by atoms with van der Waals surface area (Å²) in [5, 5.41) is 17.5. The van der Waals surface area contributed by atoms with Crippen LogP contribution in [0.1, 0.15) is 32.3 Å². The highest BCUT2D eigenvalue weighted by Crippen LogP contribution is 2.49. The topological polar surface area (TPSA) is 139 Å².